The number of carboxylic acids is 4. The van der Waals surface area contributed by atoms with Crippen LogP contribution in [0.2, 0.25) is 0 Å². The van der Waals surface area contributed by atoms with Gasteiger partial charge in [-0.2, -0.15) is 5.11 Å². The molecular weight excluding hydrogens is 1450 g/mol. The number of azo groups is 1. The van der Waals surface area contributed by atoms with Crippen molar-refractivity contribution in [2.24, 2.45) is 15.2 Å². The SMILES string of the molecule is C1=NCN=N1.CN(C)CC(=O)O.C[C@@H]1CC[C@@H](Oc2nccc3c2C(=O)OC3(C)C)CN1.C[C@@H]1CC[C@@H](Oc2nccc3c2C(=O)OC3(C)C)CN1C(=O)c1ccccc1-n1ncnn1.O=C(O)c1ccccc1-n1ncnn1.O=C(O)c1ccccc1-n1ncnn1.O=C(O)c1ccccc1I. The summed E-state index contributed by atoms with van der Waals surface area (Å²) in [4.78, 5) is 99.1. The number of carboxylic acid groups (broad SMARTS) is 4. The van der Waals surface area contributed by atoms with Gasteiger partial charge in [0, 0.05) is 45.7 Å². The Morgan fingerprint density at radius 3 is 1.40 bits per heavy atom. The van der Waals surface area contributed by atoms with Crippen molar-refractivity contribution in [3.8, 4) is 28.8 Å². The van der Waals surface area contributed by atoms with Gasteiger partial charge in [-0.1, -0.05) is 48.5 Å². The maximum Gasteiger partial charge on any atom is 0.344 e. The molecule has 0 spiro atoms. The van der Waals surface area contributed by atoms with Gasteiger partial charge in [0.2, 0.25) is 11.8 Å². The number of esters is 2. The summed E-state index contributed by atoms with van der Waals surface area (Å²) in [6.07, 6.45) is 11.8. The number of piperidine rings is 2. The molecule has 5 aliphatic heterocycles. The first-order valence-electron chi connectivity index (χ1n) is 31.7. The lowest BCUT2D eigenvalue weighted by molar-refractivity contribution is -0.137. The smallest absolute Gasteiger partial charge is 0.344 e. The molecule has 14 rings (SSSR count). The summed E-state index contributed by atoms with van der Waals surface area (Å²) in [5.41, 5.74) is 3.61. The molecule has 2 fully saturated rings. The van der Waals surface area contributed by atoms with E-state index in [4.69, 9.17) is 39.4 Å². The molecule has 0 bridgehead atoms. The summed E-state index contributed by atoms with van der Waals surface area (Å²) >= 11 is 1.99. The van der Waals surface area contributed by atoms with Crippen molar-refractivity contribution in [2.75, 3.05) is 40.4 Å². The lowest BCUT2D eigenvalue weighted by atomic mass is 9.97. The number of aliphatic imine (C=N–C) groups is 1. The van der Waals surface area contributed by atoms with E-state index in [1.165, 1.54) is 51.8 Å². The number of ether oxygens (including phenoxy) is 4. The number of para-hydroxylation sites is 3. The van der Waals surface area contributed by atoms with E-state index < -0.39 is 41.0 Å². The van der Waals surface area contributed by atoms with E-state index in [1.54, 1.807) is 115 Å². The van der Waals surface area contributed by atoms with E-state index in [-0.39, 0.29) is 53.7 Å². The number of halogens is 1. The molecule has 2 saturated heterocycles. The quantitative estimate of drug-likeness (QED) is 0.0557. The van der Waals surface area contributed by atoms with Gasteiger partial charge in [-0.3, -0.25) is 14.5 Å². The Morgan fingerprint density at radius 2 is 1.03 bits per heavy atom. The minimum Gasteiger partial charge on any atom is -0.480 e. The zero-order chi connectivity index (χ0) is 74.4. The number of aliphatic carboxylic acids is 1. The van der Waals surface area contributed by atoms with Gasteiger partial charge in [-0.05, 0) is 180 Å². The number of aromatic nitrogens is 14. The van der Waals surface area contributed by atoms with Crippen molar-refractivity contribution >= 4 is 70.7 Å². The van der Waals surface area contributed by atoms with E-state index in [2.05, 4.69) is 83.7 Å². The molecule has 103 heavy (non-hydrogen) atoms. The molecule has 1 amide bonds. The zero-order valence-corrected chi connectivity index (χ0v) is 59.1. The number of benzene rings is 4. The van der Waals surface area contributed by atoms with Gasteiger partial charge in [-0.25, -0.2) is 38.9 Å². The zero-order valence-electron chi connectivity index (χ0n) is 57.0. The second-order valence-electron chi connectivity index (χ2n) is 24.1. The second-order valence-corrected chi connectivity index (χ2v) is 25.2. The van der Waals surface area contributed by atoms with Crippen LogP contribution in [0.15, 0.2) is 156 Å². The van der Waals surface area contributed by atoms with Crippen molar-refractivity contribution in [3.63, 3.8) is 0 Å². The number of carbonyl (C=O) groups excluding carboxylic acids is 3. The molecule has 5 aliphatic rings. The van der Waals surface area contributed by atoms with Crippen LogP contribution in [0.25, 0.3) is 17.1 Å². The molecule has 5 aromatic heterocycles. The van der Waals surface area contributed by atoms with Gasteiger partial charge in [-0.15, -0.1) is 50.1 Å². The predicted octanol–water partition coefficient (Wildman–Crippen LogP) is 7.32. The largest absolute Gasteiger partial charge is 0.480 e. The number of aromatic carboxylic acids is 3. The normalized spacial score (nSPS) is 17.4. The van der Waals surface area contributed by atoms with E-state index in [1.807, 2.05) is 75.4 Å². The number of pyridine rings is 2. The van der Waals surface area contributed by atoms with Gasteiger partial charge in [0.25, 0.3) is 5.91 Å². The van der Waals surface area contributed by atoms with Crippen LogP contribution in [0.3, 0.4) is 0 Å². The number of nitrogens with one attached hydrogen (secondary N) is 1. The van der Waals surface area contributed by atoms with Crippen molar-refractivity contribution < 1.29 is 72.9 Å². The number of hydrogen-bond acceptors (Lipinski definition) is 27. The summed E-state index contributed by atoms with van der Waals surface area (Å²) in [5.74, 6) is -3.96. The summed E-state index contributed by atoms with van der Waals surface area (Å²) in [6, 6.07) is 31.1. The fraction of sp³-hybridized carbons (Fsp3) is 0.328. The maximum absolute atomic E-state index is 13.5. The number of amides is 1. The molecule has 0 saturated carbocycles. The van der Waals surface area contributed by atoms with Crippen molar-refractivity contribution in [3.05, 3.63) is 189 Å². The predicted molar refractivity (Wildman–Crippen MR) is 373 cm³/mol. The van der Waals surface area contributed by atoms with Gasteiger partial charge in [0.05, 0.1) is 35.3 Å². The summed E-state index contributed by atoms with van der Waals surface area (Å²) < 4.78 is 23.8. The van der Waals surface area contributed by atoms with Gasteiger partial charge in [0.15, 0.2) is 25.7 Å². The Morgan fingerprint density at radius 1 is 0.592 bits per heavy atom. The van der Waals surface area contributed by atoms with Gasteiger partial charge in [0.1, 0.15) is 57.9 Å². The first-order chi connectivity index (χ1) is 49.2. The lowest BCUT2D eigenvalue weighted by Gasteiger charge is -2.38. The van der Waals surface area contributed by atoms with Crippen LogP contribution in [0.4, 0.5) is 0 Å². The summed E-state index contributed by atoms with van der Waals surface area (Å²) in [5, 5.41) is 78.1. The number of rotatable bonds is 13. The molecule has 10 heterocycles. The Labute approximate surface area is 602 Å². The lowest BCUT2D eigenvalue weighted by Crippen LogP contribution is -2.49. The maximum atomic E-state index is 13.5. The average Bonchev–Trinajstić information content (AvgIpc) is 1.64. The standard InChI is InChI=1S/C23H24N6O4.C15H20N2O3.2C8H6N4O2.C7H5IO2.C4H9NO2.C2H3N3/c1-14-8-9-15(32-20-19-17(10-11-24-20)23(2,3)33-22(19)31)12-28(14)21(30)16-6-4-5-7-18(16)29-26-13-25-27-29;1-9-4-5-10(8-17-9)19-13-12-11(6-7-16-13)15(2,3)20-14(12)18;2*13-8(14)6-3-1-2-4-7(6)12-10-5-9-11-12;8-6-4-2-1-3-5(6)7(9)10;1-5(2)3-4(6)7;1-3-2-5-4-1/h4-7,10-11,13-15H,8-9,12H2,1-3H3;6-7,9-10,17H,4-5,8H2,1-3H3;2*1-5H,(H,13,14);1-4H,(H,9,10);3H2,1-2H3,(H,6,7);1H,2H2/t14-,15-;9-,10-;;;;;/m11...../s1. The minimum absolute atomic E-state index is 0.0208. The number of tetrazole rings is 3. The van der Waals surface area contributed by atoms with Crippen LogP contribution in [-0.4, -0.2) is 214 Å². The molecule has 0 radical (unpaired) electrons. The van der Waals surface area contributed by atoms with Crippen LogP contribution in [0, 0.1) is 3.57 Å². The highest BCUT2D eigenvalue weighted by atomic mass is 127. The number of fused-ring (bicyclic) bond motifs is 2. The molecule has 4 atom stereocenters. The summed E-state index contributed by atoms with van der Waals surface area (Å²) in [7, 11) is 3.43. The van der Waals surface area contributed by atoms with Crippen molar-refractivity contribution in [1.29, 1.82) is 0 Å². The monoisotopic (exact) mass is 1520 g/mol. The highest BCUT2D eigenvalue weighted by molar-refractivity contribution is 14.1. The van der Waals surface area contributed by atoms with Gasteiger partial charge < -0.3 is 49.6 Å². The summed E-state index contributed by atoms with van der Waals surface area (Å²) in [6.45, 7) is 13.4. The van der Waals surface area contributed by atoms with E-state index >= 15 is 0 Å². The molecule has 0 unspecified atom stereocenters. The molecule has 0 aliphatic carbocycles. The molecule has 5 N–H and O–H groups in total. The highest BCUT2D eigenvalue weighted by Gasteiger charge is 2.43. The molecule has 35 nitrogen and oxygen atoms in total. The second kappa shape index (κ2) is 36.0. The first kappa shape index (κ1) is 76.9. The van der Waals surface area contributed by atoms with E-state index in [9.17, 15) is 33.6 Å². The van der Waals surface area contributed by atoms with Crippen LogP contribution in [0.5, 0.6) is 11.8 Å². The van der Waals surface area contributed by atoms with Crippen LogP contribution < -0.4 is 14.8 Å². The Bertz CT molecular complexity index is 4360. The van der Waals surface area contributed by atoms with Crippen LogP contribution in [-0.2, 0) is 25.5 Å². The molecule has 36 heteroatoms. The van der Waals surface area contributed by atoms with Gasteiger partial charge >= 0.3 is 35.8 Å². The van der Waals surface area contributed by atoms with E-state index in [0.717, 1.165) is 46.9 Å². The van der Waals surface area contributed by atoms with Crippen molar-refractivity contribution in [1.82, 2.24) is 85.7 Å². The topological polar surface area (TPSA) is 449 Å². The Hall–Kier alpha value is -11.8. The number of likely N-dealkylation sites (tertiary alicyclic amines) is 1. The highest BCUT2D eigenvalue weighted by Crippen LogP contribution is 2.41. The Balaban J connectivity index is 0.000000165. The Kier molecular flexibility index (Phi) is 26.9. The number of carbonyl (C=O) groups is 7. The first-order valence-corrected chi connectivity index (χ1v) is 32.8. The fourth-order valence-corrected chi connectivity index (χ4v) is 11.2. The number of likely N-dealkylation sites (N-methyl/N-ethyl adjacent to an activating group) is 1. The fourth-order valence-electron chi connectivity index (χ4n) is 10.5. The third-order valence-electron chi connectivity index (χ3n) is 15.5. The van der Waals surface area contributed by atoms with Crippen LogP contribution >= 0.6 is 22.6 Å². The third kappa shape index (κ3) is 20.9. The molecule has 4 aromatic carbocycles. The number of nitrogens with zero attached hydrogens (tertiary/aromatic N) is 19. The van der Waals surface area contributed by atoms with Crippen molar-refractivity contribution in [2.45, 2.75) is 103 Å². The molecule has 9 aromatic rings. The average molecular weight is 1530 g/mol. The van der Waals surface area contributed by atoms with Crippen LogP contribution in [0.1, 0.15) is 141 Å². The molecular formula is C67H73IN20O15. The molecule has 538 valence electrons. The number of cyclic esters (lactones) is 2. The van der Waals surface area contributed by atoms with E-state index in [0.29, 0.717) is 64.5 Å². The minimum atomic E-state index is -1.02. The third-order valence-corrected chi connectivity index (χ3v) is 16.5. The number of hydrogen-bond donors (Lipinski definition) is 5.